The number of anilines is 1. The molecule has 1 aromatic rings. The van der Waals surface area contributed by atoms with Gasteiger partial charge in [0.15, 0.2) is 0 Å². The molecule has 23 heavy (non-hydrogen) atoms. The van der Waals surface area contributed by atoms with E-state index in [2.05, 4.69) is 62.2 Å². The number of nitrogens with zero attached hydrogens (tertiary/aromatic N) is 1. The van der Waals surface area contributed by atoms with Crippen LogP contribution in [0.5, 0.6) is 0 Å². The van der Waals surface area contributed by atoms with Crippen LogP contribution in [-0.4, -0.2) is 31.6 Å². The first-order valence-corrected chi connectivity index (χ1v) is 7.79. The van der Waals surface area contributed by atoms with Crippen LogP contribution < -0.4 is 16.0 Å². The van der Waals surface area contributed by atoms with Gasteiger partial charge in [-0.3, -0.25) is 4.79 Å². The predicted octanol–water partition coefficient (Wildman–Crippen LogP) is 3.15. The van der Waals surface area contributed by atoms with Gasteiger partial charge in [0.05, 0.1) is 6.04 Å². The molecule has 0 aromatic heterocycles. The van der Waals surface area contributed by atoms with Gasteiger partial charge in [-0.15, -0.1) is 24.8 Å². The largest absolute Gasteiger partial charge is 0.370 e. The summed E-state index contributed by atoms with van der Waals surface area (Å²) in [6, 6.07) is 8.01. The standard InChI is InChI=1S/C17H29N3O.2ClH/c1-5-20(15-8-6-7-14(4)12-15)10-9-19-17(21)16(18)11-13(2)3;;/h6-8,12-13,16H,5,9-11,18H2,1-4H3,(H,19,21);2*1H/t16-;;/m0../s1. The molecule has 134 valence electrons. The molecule has 0 bridgehead atoms. The number of likely N-dealkylation sites (N-methyl/N-ethyl adjacent to an activating group) is 1. The fraction of sp³-hybridized carbons (Fsp3) is 0.588. The van der Waals surface area contributed by atoms with Crippen molar-refractivity contribution in [3.05, 3.63) is 29.8 Å². The average molecular weight is 364 g/mol. The van der Waals surface area contributed by atoms with Crippen LogP contribution in [0.2, 0.25) is 0 Å². The number of aryl methyl sites for hydroxylation is 1. The van der Waals surface area contributed by atoms with Crippen molar-refractivity contribution in [3.8, 4) is 0 Å². The Kier molecular flexibility index (Phi) is 13.1. The number of hydrogen-bond acceptors (Lipinski definition) is 3. The van der Waals surface area contributed by atoms with Crippen molar-refractivity contribution < 1.29 is 4.79 Å². The number of amides is 1. The third-order valence-corrected chi connectivity index (χ3v) is 3.49. The van der Waals surface area contributed by atoms with Gasteiger partial charge in [-0.1, -0.05) is 26.0 Å². The quantitative estimate of drug-likeness (QED) is 0.745. The Morgan fingerprint density at radius 2 is 1.96 bits per heavy atom. The van der Waals surface area contributed by atoms with Crippen molar-refractivity contribution in [2.24, 2.45) is 11.7 Å². The first kappa shape index (κ1) is 24.3. The number of nitrogens with one attached hydrogen (secondary N) is 1. The third-order valence-electron chi connectivity index (χ3n) is 3.49. The molecule has 0 heterocycles. The number of rotatable bonds is 8. The molecule has 0 saturated heterocycles. The zero-order valence-electron chi connectivity index (χ0n) is 14.5. The predicted molar refractivity (Wildman–Crippen MR) is 104 cm³/mol. The van der Waals surface area contributed by atoms with Gasteiger partial charge < -0.3 is 16.0 Å². The molecule has 1 aromatic carbocycles. The normalized spacial score (nSPS) is 11.2. The molecular weight excluding hydrogens is 333 g/mol. The summed E-state index contributed by atoms with van der Waals surface area (Å²) >= 11 is 0. The fourth-order valence-corrected chi connectivity index (χ4v) is 2.35. The van der Waals surface area contributed by atoms with E-state index in [1.807, 2.05) is 0 Å². The summed E-state index contributed by atoms with van der Waals surface area (Å²) in [6.45, 7) is 10.7. The molecule has 1 amide bonds. The summed E-state index contributed by atoms with van der Waals surface area (Å²) in [5.41, 5.74) is 8.31. The first-order chi connectivity index (χ1) is 9.93. The molecule has 0 spiro atoms. The summed E-state index contributed by atoms with van der Waals surface area (Å²) in [7, 11) is 0. The number of carbonyl (C=O) groups excluding carboxylic acids is 1. The Hall–Kier alpha value is -0.970. The lowest BCUT2D eigenvalue weighted by Gasteiger charge is -2.24. The lowest BCUT2D eigenvalue weighted by atomic mass is 10.0. The highest BCUT2D eigenvalue weighted by Gasteiger charge is 2.14. The highest BCUT2D eigenvalue weighted by molar-refractivity contribution is 5.85. The van der Waals surface area contributed by atoms with Gasteiger partial charge >= 0.3 is 0 Å². The molecule has 0 unspecified atom stereocenters. The minimum absolute atomic E-state index is 0. The summed E-state index contributed by atoms with van der Waals surface area (Å²) in [6.07, 6.45) is 0.723. The summed E-state index contributed by atoms with van der Waals surface area (Å²) in [4.78, 5) is 14.1. The molecule has 1 rings (SSSR count). The second-order valence-corrected chi connectivity index (χ2v) is 5.95. The van der Waals surface area contributed by atoms with Gasteiger partial charge in [-0.2, -0.15) is 0 Å². The van der Waals surface area contributed by atoms with E-state index >= 15 is 0 Å². The van der Waals surface area contributed by atoms with E-state index in [4.69, 9.17) is 5.73 Å². The zero-order valence-corrected chi connectivity index (χ0v) is 16.2. The van der Waals surface area contributed by atoms with Crippen molar-refractivity contribution in [1.29, 1.82) is 0 Å². The molecule has 4 nitrogen and oxygen atoms in total. The molecule has 3 N–H and O–H groups in total. The van der Waals surface area contributed by atoms with Gasteiger partial charge in [0.2, 0.25) is 5.91 Å². The van der Waals surface area contributed by atoms with Gasteiger partial charge in [0.1, 0.15) is 0 Å². The van der Waals surface area contributed by atoms with Crippen molar-refractivity contribution in [3.63, 3.8) is 0 Å². The number of nitrogens with two attached hydrogens (primary N) is 1. The Balaban J connectivity index is 0. The average Bonchev–Trinajstić information content (AvgIpc) is 2.42. The van der Waals surface area contributed by atoms with Crippen LogP contribution in [-0.2, 0) is 4.79 Å². The van der Waals surface area contributed by atoms with Gasteiger partial charge in [0.25, 0.3) is 0 Å². The molecule has 0 aliphatic carbocycles. The van der Waals surface area contributed by atoms with Crippen LogP contribution in [0.25, 0.3) is 0 Å². The third kappa shape index (κ3) is 9.04. The van der Waals surface area contributed by atoms with Crippen molar-refractivity contribution in [1.82, 2.24) is 5.32 Å². The van der Waals surface area contributed by atoms with E-state index in [1.54, 1.807) is 0 Å². The van der Waals surface area contributed by atoms with E-state index < -0.39 is 6.04 Å². The van der Waals surface area contributed by atoms with Crippen molar-refractivity contribution in [2.45, 2.75) is 40.2 Å². The minimum Gasteiger partial charge on any atom is -0.370 e. The molecular formula is C17H31Cl2N3O. The van der Waals surface area contributed by atoms with Crippen molar-refractivity contribution >= 4 is 36.4 Å². The number of hydrogen-bond donors (Lipinski definition) is 2. The van der Waals surface area contributed by atoms with Crippen LogP contribution in [0.15, 0.2) is 24.3 Å². The van der Waals surface area contributed by atoms with E-state index in [-0.39, 0.29) is 30.7 Å². The molecule has 0 aliphatic rings. The molecule has 0 saturated carbocycles. The topological polar surface area (TPSA) is 58.4 Å². The van der Waals surface area contributed by atoms with Gasteiger partial charge in [0, 0.05) is 25.3 Å². The number of halogens is 2. The maximum Gasteiger partial charge on any atom is 0.236 e. The summed E-state index contributed by atoms with van der Waals surface area (Å²) in [5, 5.41) is 2.93. The Bertz CT molecular complexity index is 455. The Morgan fingerprint density at radius 1 is 1.30 bits per heavy atom. The first-order valence-electron chi connectivity index (χ1n) is 7.79. The Labute approximate surface area is 153 Å². The highest BCUT2D eigenvalue weighted by atomic mass is 35.5. The molecule has 0 radical (unpaired) electrons. The second kappa shape index (κ2) is 12.5. The Morgan fingerprint density at radius 3 is 2.48 bits per heavy atom. The molecule has 0 aliphatic heterocycles. The van der Waals surface area contributed by atoms with Gasteiger partial charge in [-0.25, -0.2) is 0 Å². The van der Waals surface area contributed by atoms with Crippen LogP contribution >= 0.6 is 24.8 Å². The maximum absolute atomic E-state index is 11.9. The van der Waals surface area contributed by atoms with Crippen LogP contribution in [0, 0.1) is 12.8 Å². The van der Waals surface area contributed by atoms with Crippen LogP contribution in [0.3, 0.4) is 0 Å². The van der Waals surface area contributed by atoms with E-state index in [0.29, 0.717) is 12.5 Å². The molecule has 1 atom stereocenters. The van der Waals surface area contributed by atoms with Crippen molar-refractivity contribution in [2.75, 3.05) is 24.5 Å². The maximum atomic E-state index is 11.9. The van der Waals surface area contributed by atoms with E-state index in [9.17, 15) is 4.79 Å². The highest BCUT2D eigenvalue weighted by Crippen LogP contribution is 2.14. The summed E-state index contributed by atoms with van der Waals surface area (Å²) in [5.74, 6) is 0.383. The van der Waals surface area contributed by atoms with Crippen LogP contribution in [0.1, 0.15) is 32.8 Å². The van der Waals surface area contributed by atoms with Gasteiger partial charge in [-0.05, 0) is 43.9 Å². The lowest BCUT2D eigenvalue weighted by molar-refractivity contribution is -0.122. The number of carbonyl (C=O) groups is 1. The monoisotopic (exact) mass is 363 g/mol. The van der Waals surface area contributed by atoms with Crippen LogP contribution in [0.4, 0.5) is 5.69 Å². The molecule has 0 fully saturated rings. The SMILES string of the molecule is CCN(CCNC(=O)[C@@H](N)CC(C)C)c1cccc(C)c1.Cl.Cl. The lowest BCUT2D eigenvalue weighted by Crippen LogP contribution is -2.44. The fourth-order valence-electron chi connectivity index (χ4n) is 2.35. The van der Waals surface area contributed by atoms with E-state index in [1.165, 1.54) is 11.3 Å². The minimum atomic E-state index is -0.404. The summed E-state index contributed by atoms with van der Waals surface area (Å²) < 4.78 is 0. The smallest absolute Gasteiger partial charge is 0.236 e. The van der Waals surface area contributed by atoms with E-state index in [0.717, 1.165) is 19.5 Å². The second-order valence-electron chi connectivity index (χ2n) is 5.95. The number of benzene rings is 1. The molecule has 6 heteroatoms. The zero-order chi connectivity index (χ0) is 15.8.